The predicted octanol–water partition coefficient (Wildman–Crippen LogP) is 3.23. The summed E-state index contributed by atoms with van der Waals surface area (Å²) in [5.41, 5.74) is 1.52. The molecule has 1 heterocycles. The molecule has 0 spiro atoms. The van der Waals surface area contributed by atoms with E-state index in [4.69, 9.17) is 11.6 Å². The minimum absolute atomic E-state index is 0.229. The van der Waals surface area contributed by atoms with E-state index in [1.54, 1.807) is 12.1 Å². The molecule has 2 rings (SSSR count). The maximum absolute atomic E-state index is 11.9. The molecule has 0 saturated heterocycles. The first kappa shape index (κ1) is 13.0. The van der Waals surface area contributed by atoms with E-state index in [0.717, 1.165) is 5.56 Å². The first-order valence-electron chi connectivity index (χ1n) is 5.13. The Balaban J connectivity index is 2.09. The molecule has 0 aliphatic heterocycles. The highest BCUT2D eigenvalue weighted by Crippen LogP contribution is 2.10. The van der Waals surface area contributed by atoms with Crippen molar-refractivity contribution in [2.24, 2.45) is 0 Å². The van der Waals surface area contributed by atoms with Crippen molar-refractivity contribution < 1.29 is 4.79 Å². The Morgan fingerprint density at radius 3 is 2.50 bits per heavy atom. The molecule has 18 heavy (non-hydrogen) atoms. The number of rotatable bonds is 3. The molecule has 2 aromatic rings. The van der Waals surface area contributed by atoms with Crippen molar-refractivity contribution in [3.63, 3.8) is 0 Å². The summed E-state index contributed by atoms with van der Waals surface area (Å²) in [6.45, 7) is 0. The summed E-state index contributed by atoms with van der Waals surface area (Å²) in [7, 11) is 0. The van der Waals surface area contributed by atoms with Gasteiger partial charge in [-0.1, -0.05) is 12.1 Å². The molecule has 0 aliphatic rings. The number of carbonyl (C=O) groups is 1. The Hall–Kier alpha value is -1.46. The van der Waals surface area contributed by atoms with Crippen molar-refractivity contribution in [2.75, 3.05) is 5.32 Å². The number of benzene rings is 1. The van der Waals surface area contributed by atoms with Crippen molar-refractivity contribution in [3.8, 4) is 0 Å². The Kier molecular flexibility index (Phi) is 4.28. The quantitative estimate of drug-likeness (QED) is 0.881. The van der Waals surface area contributed by atoms with Crippen LogP contribution in [-0.4, -0.2) is 15.9 Å². The lowest BCUT2D eigenvalue weighted by Gasteiger charge is -2.04. The topological polar surface area (TPSA) is 54.9 Å². The molecule has 0 radical (unpaired) electrons. The summed E-state index contributed by atoms with van der Waals surface area (Å²) in [6, 6.07) is 7.07. The number of amides is 1. The van der Waals surface area contributed by atoms with E-state index in [9.17, 15) is 4.79 Å². The van der Waals surface area contributed by atoms with E-state index in [2.05, 4.69) is 31.2 Å². The van der Waals surface area contributed by atoms with E-state index < -0.39 is 0 Å². The second-order valence-corrected chi connectivity index (χ2v) is 4.59. The Labute approximate surface area is 118 Å². The normalized spacial score (nSPS) is 10.1. The molecule has 1 aromatic carbocycles. The van der Waals surface area contributed by atoms with Crippen molar-refractivity contribution in [2.45, 2.75) is 5.88 Å². The van der Waals surface area contributed by atoms with Crippen LogP contribution in [0.1, 0.15) is 15.9 Å². The van der Waals surface area contributed by atoms with Gasteiger partial charge in [-0.25, -0.2) is 9.97 Å². The fourth-order valence-electron chi connectivity index (χ4n) is 1.31. The van der Waals surface area contributed by atoms with Gasteiger partial charge in [0.15, 0.2) is 5.82 Å². The smallest absolute Gasteiger partial charge is 0.256 e. The number of aromatic nitrogens is 2. The van der Waals surface area contributed by atoms with Gasteiger partial charge in [0.2, 0.25) is 0 Å². The van der Waals surface area contributed by atoms with Crippen LogP contribution in [0.4, 0.5) is 5.82 Å². The largest absolute Gasteiger partial charge is 0.305 e. The SMILES string of the molecule is O=C(Nc1cnc(Br)cn1)c1ccc(CCl)cc1. The third kappa shape index (κ3) is 3.27. The number of hydrogen-bond acceptors (Lipinski definition) is 3. The molecule has 6 heteroatoms. The average Bonchev–Trinajstić information content (AvgIpc) is 2.41. The zero-order valence-corrected chi connectivity index (χ0v) is 11.6. The monoisotopic (exact) mass is 325 g/mol. The summed E-state index contributed by atoms with van der Waals surface area (Å²) < 4.78 is 0.618. The fraction of sp³-hybridized carbons (Fsp3) is 0.0833. The van der Waals surface area contributed by atoms with E-state index in [0.29, 0.717) is 21.9 Å². The van der Waals surface area contributed by atoms with Gasteiger partial charge >= 0.3 is 0 Å². The standard InChI is InChI=1S/C12H9BrClN3O/c13-10-6-16-11(7-15-10)17-12(18)9-3-1-8(5-14)2-4-9/h1-4,6-7H,5H2,(H,16,17,18). The Morgan fingerprint density at radius 2 is 1.94 bits per heavy atom. The summed E-state index contributed by atoms with van der Waals surface area (Å²) in [5.74, 6) is 0.609. The van der Waals surface area contributed by atoms with Crippen LogP contribution >= 0.6 is 27.5 Å². The summed E-state index contributed by atoms with van der Waals surface area (Å²) >= 11 is 8.85. The van der Waals surface area contributed by atoms with Crippen molar-refractivity contribution >= 4 is 39.3 Å². The molecular formula is C12H9BrClN3O. The molecular weight excluding hydrogens is 318 g/mol. The third-order valence-corrected chi connectivity index (χ3v) is 2.95. The molecule has 0 fully saturated rings. The van der Waals surface area contributed by atoms with E-state index >= 15 is 0 Å². The first-order valence-corrected chi connectivity index (χ1v) is 6.45. The van der Waals surface area contributed by atoms with Crippen LogP contribution in [0.3, 0.4) is 0 Å². The second-order valence-electron chi connectivity index (χ2n) is 3.51. The minimum Gasteiger partial charge on any atom is -0.305 e. The van der Waals surface area contributed by atoms with Gasteiger partial charge in [0.05, 0.1) is 12.4 Å². The maximum Gasteiger partial charge on any atom is 0.256 e. The number of carbonyl (C=O) groups excluding carboxylic acids is 1. The maximum atomic E-state index is 11.9. The van der Waals surface area contributed by atoms with Crippen LogP contribution < -0.4 is 5.32 Å². The molecule has 92 valence electrons. The zero-order chi connectivity index (χ0) is 13.0. The molecule has 0 atom stereocenters. The lowest BCUT2D eigenvalue weighted by molar-refractivity contribution is 0.102. The van der Waals surface area contributed by atoms with E-state index in [-0.39, 0.29) is 5.91 Å². The number of nitrogens with one attached hydrogen (secondary N) is 1. The highest BCUT2D eigenvalue weighted by molar-refractivity contribution is 9.10. The van der Waals surface area contributed by atoms with Gasteiger partial charge in [0.25, 0.3) is 5.91 Å². The van der Waals surface area contributed by atoms with E-state index in [1.807, 2.05) is 12.1 Å². The Morgan fingerprint density at radius 1 is 1.22 bits per heavy atom. The highest BCUT2D eigenvalue weighted by atomic mass is 79.9. The van der Waals surface area contributed by atoms with Crippen molar-refractivity contribution in [3.05, 3.63) is 52.4 Å². The number of anilines is 1. The highest BCUT2D eigenvalue weighted by Gasteiger charge is 2.06. The van der Waals surface area contributed by atoms with Crippen LogP contribution in [0.15, 0.2) is 41.3 Å². The summed E-state index contributed by atoms with van der Waals surface area (Å²) in [6.07, 6.45) is 3.00. The number of alkyl halides is 1. The Bertz CT molecular complexity index is 542. The van der Waals surface area contributed by atoms with Gasteiger partial charge in [-0.3, -0.25) is 4.79 Å². The van der Waals surface area contributed by atoms with Gasteiger partial charge in [-0.15, -0.1) is 11.6 Å². The summed E-state index contributed by atoms with van der Waals surface area (Å²) in [5, 5.41) is 2.66. The van der Waals surface area contributed by atoms with Gasteiger partial charge < -0.3 is 5.32 Å². The lowest BCUT2D eigenvalue weighted by atomic mass is 10.1. The van der Waals surface area contributed by atoms with Crippen LogP contribution in [-0.2, 0) is 5.88 Å². The second kappa shape index (κ2) is 5.93. The molecule has 4 nitrogen and oxygen atoms in total. The average molecular weight is 327 g/mol. The number of nitrogens with zero attached hydrogens (tertiary/aromatic N) is 2. The van der Waals surface area contributed by atoms with Crippen molar-refractivity contribution in [1.29, 1.82) is 0 Å². The minimum atomic E-state index is -0.229. The first-order chi connectivity index (χ1) is 8.69. The van der Waals surface area contributed by atoms with Crippen molar-refractivity contribution in [1.82, 2.24) is 9.97 Å². The van der Waals surface area contributed by atoms with Gasteiger partial charge in [0.1, 0.15) is 4.60 Å². The lowest BCUT2D eigenvalue weighted by Crippen LogP contribution is -2.13. The van der Waals surface area contributed by atoms with Gasteiger partial charge in [-0.2, -0.15) is 0 Å². The van der Waals surface area contributed by atoms with E-state index in [1.165, 1.54) is 12.4 Å². The predicted molar refractivity (Wildman–Crippen MR) is 73.7 cm³/mol. The van der Waals surface area contributed by atoms with Crippen LogP contribution in [0.2, 0.25) is 0 Å². The molecule has 1 aromatic heterocycles. The third-order valence-electron chi connectivity index (χ3n) is 2.23. The van der Waals surface area contributed by atoms with Crippen LogP contribution in [0, 0.1) is 0 Å². The molecule has 0 unspecified atom stereocenters. The zero-order valence-electron chi connectivity index (χ0n) is 9.23. The van der Waals surface area contributed by atoms with Gasteiger partial charge in [0, 0.05) is 11.4 Å². The molecule has 1 amide bonds. The molecule has 0 aliphatic carbocycles. The molecule has 0 bridgehead atoms. The summed E-state index contributed by atoms with van der Waals surface area (Å²) in [4.78, 5) is 19.9. The number of hydrogen-bond donors (Lipinski definition) is 1. The number of halogens is 2. The molecule has 1 N–H and O–H groups in total. The van der Waals surface area contributed by atoms with Crippen LogP contribution in [0.25, 0.3) is 0 Å². The molecule has 0 saturated carbocycles. The van der Waals surface area contributed by atoms with Gasteiger partial charge in [-0.05, 0) is 33.6 Å². The fourth-order valence-corrected chi connectivity index (χ4v) is 1.69. The van der Waals surface area contributed by atoms with Crippen LogP contribution in [0.5, 0.6) is 0 Å².